The van der Waals surface area contributed by atoms with Crippen LogP contribution in [0.15, 0.2) is 108 Å². The summed E-state index contributed by atoms with van der Waals surface area (Å²) in [6.45, 7) is 1.79. The maximum Gasteiger partial charge on any atom is 0.272 e. The van der Waals surface area contributed by atoms with Gasteiger partial charge in [0.2, 0.25) is 5.91 Å². The van der Waals surface area contributed by atoms with Crippen LogP contribution in [0.1, 0.15) is 22.8 Å². The van der Waals surface area contributed by atoms with E-state index < -0.39 is 17.1 Å². The molecule has 4 aromatic carbocycles. The zero-order chi connectivity index (χ0) is 30.8. The SMILES string of the molecule is COc1ccc(OC)c(/C=C(/NC(=O)c2ccccc2)C(=O)Nc2cccc(SC(C)C(=O)Nc3cccc(Cl)c3)c2)c1. The Balaban J connectivity index is 1.54. The van der Waals surface area contributed by atoms with Gasteiger partial charge in [-0.2, -0.15) is 0 Å². The van der Waals surface area contributed by atoms with E-state index in [0.717, 1.165) is 4.90 Å². The summed E-state index contributed by atoms with van der Waals surface area (Å²) in [5.41, 5.74) is 2.00. The normalized spacial score (nSPS) is 11.7. The van der Waals surface area contributed by atoms with E-state index >= 15 is 0 Å². The van der Waals surface area contributed by atoms with Crippen molar-refractivity contribution in [3.05, 3.63) is 119 Å². The molecule has 0 radical (unpaired) electrons. The molecule has 0 saturated heterocycles. The molecule has 10 heteroatoms. The van der Waals surface area contributed by atoms with Gasteiger partial charge in [0.1, 0.15) is 17.2 Å². The molecular formula is C33H30ClN3O5S. The fourth-order valence-corrected chi connectivity index (χ4v) is 5.08. The lowest BCUT2D eigenvalue weighted by atomic mass is 10.1. The third kappa shape index (κ3) is 8.88. The number of ether oxygens (including phenoxy) is 2. The molecule has 4 aromatic rings. The molecule has 1 unspecified atom stereocenters. The second-order valence-electron chi connectivity index (χ2n) is 9.23. The highest BCUT2D eigenvalue weighted by atomic mass is 35.5. The molecule has 43 heavy (non-hydrogen) atoms. The molecule has 0 aromatic heterocycles. The van der Waals surface area contributed by atoms with E-state index in [-0.39, 0.29) is 11.6 Å². The Morgan fingerprint density at radius 3 is 2.23 bits per heavy atom. The number of carbonyl (C=O) groups is 3. The Labute approximate surface area is 259 Å². The third-order valence-corrected chi connectivity index (χ3v) is 7.46. The Bertz CT molecular complexity index is 1640. The summed E-state index contributed by atoms with van der Waals surface area (Å²) in [5, 5.41) is 8.52. The first-order valence-corrected chi connectivity index (χ1v) is 14.5. The van der Waals surface area contributed by atoms with Crippen LogP contribution in [-0.2, 0) is 9.59 Å². The minimum atomic E-state index is -0.553. The van der Waals surface area contributed by atoms with Gasteiger partial charge in [-0.05, 0) is 79.7 Å². The van der Waals surface area contributed by atoms with Gasteiger partial charge in [0.05, 0.1) is 19.5 Å². The monoisotopic (exact) mass is 615 g/mol. The average molecular weight is 616 g/mol. The molecule has 8 nitrogen and oxygen atoms in total. The van der Waals surface area contributed by atoms with Crippen LogP contribution in [0.3, 0.4) is 0 Å². The van der Waals surface area contributed by atoms with E-state index in [9.17, 15) is 14.4 Å². The third-order valence-electron chi connectivity index (χ3n) is 6.13. The summed E-state index contributed by atoms with van der Waals surface area (Å²) in [4.78, 5) is 40.1. The number of halogens is 1. The molecular weight excluding hydrogens is 586 g/mol. The number of hydrogen-bond donors (Lipinski definition) is 3. The minimum absolute atomic E-state index is 0.00673. The second kappa shape index (κ2) is 14.9. The van der Waals surface area contributed by atoms with Crippen molar-refractivity contribution < 1.29 is 23.9 Å². The van der Waals surface area contributed by atoms with Crippen LogP contribution in [0.5, 0.6) is 11.5 Å². The lowest BCUT2D eigenvalue weighted by molar-refractivity contribution is -0.115. The van der Waals surface area contributed by atoms with Crippen LogP contribution in [0, 0.1) is 0 Å². The lowest BCUT2D eigenvalue weighted by Gasteiger charge is -2.15. The fraction of sp³-hybridized carbons (Fsp3) is 0.121. The number of amides is 3. The highest BCUT2D eigenvalue weighted by Gasteiger charge is 2.18. The largest absolute Gasteiger partial charge is 0.497 e. The summed E-state index contributed by atoms with van der Waals surface area (Å²) >= 11 is 7.35. The molecule has 0 bridgehead atoms. The van der Waals surface area contributed by atoms with E-state index in [1.54, 1.807) is 97.9 Å². The average Bonchev–Trinajstić information content (AvgIpc) is 3.01. The van der Waals surface area contributed by atoms with Crippen molar-refractivity contribution in [2.24, 2.45) is 0 Å². The number of hydrogen-bond acceptors (Lipinski definition) is 6. The molecule has 4 rings (SSSR count). The molecule has 220 valence electrons. The van der Waals surface area contributed by atoms with Crippen LogP contribution < -0.4 is 25.4 Å². The number of benzene rings is 4. The van der Waals surface area contributed by atoms with Crippen LogP contribution in [0.25, 0.3) is 6.08 Å². The molecule has 0 aliphatic heterocycles. The van der Waals surface area contributed by atoms with Crippen molar-refractivity contribution in [3.8, 4) is 11.5 Å². The number of thioether (sulfide) groups is 1. The van der Waals surface area contributed by atoms with E-state index in [1.807, 2.05) is 6.07 Å². The van der Waals surface area contributed by atoms with Gasteiger partial charge >= 0.3 is 0 Å². The zero-order valence-electron chi connectivity index (χ0n) is 23.7. The second-order valence-corrected chi connectivity index (χ2v) is 11.1. The van der Waals surface area contributed by atoms with E-state index in [0.29, 0.717) is 39.0 Å². The zero-order valence-corrected chi connectivity index (χ0v) is 25.3. The van der Waals surface area contributed by atoms with E-state index in [4.69, 9.17) is 21.1 Å². The first-order chi connectivity index (χ1) is 20.7. The van der Waals surface area contributed by atoms with Crippen molar-refractivity contribution in [1.29, 1.82) is 0 Å². The first kappa shape index (κ1) is 31.2. The Hall–Kier alpha value is -4.73. The van der Waals surface area contributed by atoms with Gasteiger partial charge in [0.25, 0.3) is 11.8 Å². The quantitative estimate of drug-likeness (QED) is 0.125. The van der Waals surface area contributed by atoms with Crippen molar-refractivity contribution in [3.63, 3.8) is 0 Å². The Kier molecular flexibility index (Phi) is 10.9. The van der Waals surface area contributed by atoms with Crippen molar-refractivity contribution in [2.75, 3.05) is 24.9 Å². The number of anilines is 2. The maximum absolute atomic E-state index is 13.6. The smallest absolute Gasteiger partial charge is 0.272 e. The summed E-state index contributed by atoms with van der Waals surface area (Å²) in [6, 6.07) is 27.8. The van der Waals surface area contributed by atoms with Gasteiger partial charge in [0.15, 0.2) is 0 Å². The van der Waals surface area contributed by atoms with Crippen LogP contribution in [-0.4, -0.2) is 37.2 Å². The molecule has 0 fully saturated rings. The topological polar surface area (TPSA) is 106 Å². The molecule has 0 aliphatic carbocycles. The number of methoxy groups -OCH3 is 2. The molecule has 0 spiro atoms. The summed E-state index contributed by atoms with van der Waals surface area (Å²) < 4.78 is 10.8. The lowest BCUT2D eigenvalue weighted by Crippen LogP contribution is -2.30. The molecule has 0 aliphatic rings. The predicted molar refractivity (Wildman–Crippen MR) is 172 cm³/mol. The van der Waals surface area contributed by atoms with Gasteiger partial charge < -0.3 is 25.4 Å². The van der Waals surface area contributed by atoms with E-state index in [2.05, 4.69) is 16.0 Å². The Morgan fingerprint density at radius 2 is 1.53 bits per heavy atom. The molecule has 1 atom stereocenters. The number of nitrogens with one attached hydrogen (secondary N) is 3. The molecule has 0 heterocycles. The van der Waals surface area contributed by atoms with Crippen LogP contribution in [0.4, 0.5) is 11.4 Å². The number of rotatable bonds is 11. The highest BCUT2D eigenvalue weighted by molar-refractivity contribution is 8.00. The van der Waals surface area contributed by atoms with Crippen LogP contribution >= 0.6 is 23.4 Å². The predicted octanol–water partition coefficient (Wildman–Crippen LogP) is 6.89. The van der Waals surface area contributed by atoms with Crippen molar-refractivity contribution >= 4 is 58.5 Å². The van der Waals surface area contributed by atoms with E-state index in [1.165, 1.54) is 32.1 Å². The molecule has 0 saturated carbocycles. The summed E-state index contributed by atoms with van der Waals surface area (Å²) in [7, 11) is 3.05. The fourth-order valence-electron chi connectivity index (χ4n) is 3.96. The summed E-state index contributed by atoms with van der Waals surface area (Å²) in [6.07, 6.45) is 1.53. The highest BCUT2D eigenvalue weighted by Crippen LogP contribution is 2.28. The van der Waals surface area contributed by atoms with Gasteiger partial charge in [0, 0.05) is 32.4 Å². The molecule has 3 amide bonds. The minimum Gasteiger partial charge on any atom is -0.497 e. The van der Waals surface area contributed by atoms with Crippen molar-refractivity contribution in [2.45, 2.75) is 17.1 Å². The molecule has 3 N–H and O–H groups in total. The van der Waals surface area contributed by atoms with Gasteiger partial charge in [-0.1, -0.05) is 41.9 Å². The first-order valence-electron chi connectivity index (χ1n) is 13.2. The summed E-state index contributed by atoms with van der Waals surface area (Å²) in [5.74, 6) is -0.151. The standard InChI is InChI=1S/C33H30ClN3O5S/c1-21(31(38)35-25-12-7-11-24(34)19-25)43-28-14-8-13-26(20-28)36-33(40)29(37-32(39)22-9-5-4-6-10-22)18-23-17-27(41-2)15-16-30(23)42-3/h4-21H,1-3H3,(H,35,38)(H,36,40)(H,37,39)/b29-18+. The van der Waals surface area contributed by atoms with Crippen LogP contribution in [0.2, 0.25) is 5.02 Å². The van der Waals surface area contributed by atoms with Crippen molar-refractivity contribution in [1.82, 2.24) is 5.32 Å². The van der Waals surface area contributed by atoms with Gasteiger partial charge in [-0.15, -0.1) is 11.8 Å². The Morgan fingerprint density at radius 1 is 0.814 bits per heavy atom. The van der Waals surface area contributed by atoms with Gasteiger partial charge in [-0.25, -0.2) is 0 Å². The number of carbonyl (C=O) groups excluding carboxylic acids is 3. The maximum atomic E-state index is 13.6. The van der Waals surface area contributed by atoms with Gasteiger partial charge in [-0.3, -0.25) is 14.4 Å².